The van der Waals surface area contributed by atoms with Crippen LogP contribution in [0.1, 0.15) is 15.9 Å². The molecule has 0 saturated carbocycles. The summed E-state index contributed by atoms with van der Waals surface area (Å²) in [6.45, 7) is 0. The van der Waals surface area contributed by atoms with Gasteiger partial charge >= 0.3 is 0 Å². The quantitative estimate of drug-likeness (QED) is 0.349. The number of rotatable bonds is 4. The first-order valence-electron chi connectivity index (χ1n) is 6.00. The van der Waals surface area contributed by atoms with E-state index in [9.17, 15) is 14.9 Å². The van der Waals surface area contributed by atoms with Crippen LogP contribution in [0.25, 0.3) is 0 Å². The van der Waals surface area contributed by atoms with Crippen molar-refractivity contribution >= 4 is 52.0 Å². The van der Waals surface area contributed by atoms with Crippen molar-refractivity contribution in [3.63, 3.8) is 0 Å². The molecule has 0 heterocycles. The minimum Gasteiger partial charge on any atom is -0.267 e. The second kappa shape index (κ2) is 7.32. The third-order valence-corrected chi connectivity index (χ3v) is 3.62. The summed E-state index contributed by atoms with van der Waals surface area (Å²) < 4.78 is 0.933. The van der Waals surface area contributed by atoms with Gasteiger partial charge in [-0.3, -0.25) is 14.9 Å². The number of hydrogen-bond donors (Lipinski definition) is 1. The highest BCUT2D eigenvalue weighted by atomic mass is 127. The second-order valence-corrected chi connectivity index (χ2v) is 5.83. The van der Waals surface area contributed by atoms with E-state index in [4.69, 9.17) is 11.6 Å². The maximum absolute atomic E-state index is 11.9. The number of carbonyl (C=O) groups excluding carboxylic acids is 1. The molecule has 0 aromatic heterocycles. The van der Waals surface area contributed by atoms with E-state index in [1.165, 1.54) is 18.3 Å². The first kappa shape index (κ1) is 16.4. The largest absolute Gasteiger partial charge is 0.288 e. The first-order chi connectivity index (χ1) is 10.5. The predicted octanol–water partition coefficient (Wildman–Crippen LogP) is 3.62. The smallest absolute Gasteiger partial charge is 0.267 e. The predicted molar refractivity (Wildman–Crippen MR) is 92.3 cm³/mol. The van der Waals surface area contributed by atoms with Gasteiger partial charge in [0.05, 0.1) is 11.1 Å². The van der Waals surface area contributed by atoms with E-state index in [0.29, 0.717) is 11.1 Å². The fourth-order valence-electron chi connectivity index (χ4n) is 1.61. The standard InChI is InChI=1S/C14H9ClIN3O3/c15-12-5-4-9(6-13(12)19(21)22)8-17-18-14(20)10-2-1-3-11(16)7-10/h1-8H,(H,18,20). The Kier molecular flexibility index (Phi) is 5.45. The Morgan fingerprint density at radius 3 is 2.77 bits per heavy atom. The molecule has 0 bridgehead atoms. The van der Waals surface area contributed by atoms with Crippen LogP contribution in [0, 0.1) is 13.7 Å². The molecule has 0 spiro atoms. The van der Waals surface area contributed by atoms with Crippen LogP contribution in [0.15, 0.2) is 47.6 Å². The number of benzene rings is 2. The third-order valence-electron chi connectivity index (χ3n) is 2.63. The Balaban J connectivity index is 2.08. The maximum atomic E-state index is 11.9. The zero-order chi connectivity index (χ0) is 16.1. The van der Waals surface area contributed by atoms with E-state index < -0.39 is 4.92 Å². The Morgan fingerprint density at radius 2 is 2.09 bits per heavy atom. The van der Waals surface area contributed by atoms with Gasteiger partial charge in [0.1, 0.15) is 5.02 Å². The summed E-state index contributed by atoms with van der Waals surface area (Å²) in [6, 6.07) is 11.3. The van der Waals surface area contributed by atoms with Gasteiger partial charge in [0.15, 0.2) is 0 Å². The molecule has 0 atom stereocenters. The number of amides is 1. The summed E-state index contributed by atoms with van der Waals surface area (Å²) in [5, 5.41) is 14.6. The average Bonchev–Trinajstić information content (AvgIpc) is 2.48. The normalized spacial score (nSPS) is 10.6. The highest BCUT2D eigenvalue weighted by Gasteiger charge is 2.11. The molecule has 0 unspecified atom stereocenters. The van der Waals surface area contributed by atoms with E-state index in [0.717, 1.165) is 3.57 Å². The highest BCUT2D eigenvalue weighted by Crippen LogP contribution is 2.24. The fraction of sp³-hybridized carbons (Fsp3) is 0. The minimum absolute atomic E-state index is 0.0463. The molecular formula is C14H9ClIN3O3. The van der Waals surface area contributed by atoms with Crippen LogP contribution in [0.2, 0.25) is 5.02 Å². The average molecular weight is 430 g/mol. The van der Waals surface area contributed by atoms with Crippen molar-refractivity contribution in [2.45, 2.75) is 0 Å². The Morgan fingerprint density at radius 1 is 1.32 bits per heavy atom. The van der Waals surface area contributed by atoms with Gasteiger partial charge < -0.3 is 0 Å². The Bertz CT molecular complexity index is 765. The number of hydrazone groups is 1. The topological polar surface area (TPSA) is 84.6 Å². The lowest BCUT2D eigenvalue weighted by atomic mass is 10.2. The van der Waals surface area contributed by atoms with Gasteiger partial charge in [-0.2, -0.15) is 5.10 Å². The van der Waals surface area contributed by atoms with Crippen molar-refractivity contribution in [2.75, 3.05) is 0 Å². The van der Waals surface area contributed by atoms with Gasteiger partial charge in [-0.25, -0.2) is 5.43 Å². The molecular weight excluding hydrogens is 421 g/mol. The lowest BCUT2D eigenvalue weighted by molar-refractivity contribution is -0.384. The van der Waals surface area contributed by atoms with Crippen molar-refractivity contribution in [1.82, 2.24) is 5.43 Å². The van der Waals surface area contributed by atoms with E-state index in [2.05, 4.69) is 33.1 Å². The molecule has 0 aliphatic rings. The fourth-order valence-corrected chi connectivity index (χ4v) is 2.34. The van der Waals surface area contributed by atoms with Crippen LogP contribution in [0.4, 0.5) is 5.69 Å². The Hall–Kier alpha value is -2.00. The van der Waals surface area contributed by atoms with E-state index in [-0.39, 0.29) is 16.6 Å². The SMILES string of the molecule is O=C(NN=Cc1ccc(Cl)c([N+](=O)[O-])c1)c1cccc(I)c1. The number of nitrogens with zero attached hydrogens (tertiary/aromatic N) is 2. The van der Waals surface area contributed by atoms with Crippen molar-refractivity contribution in [3.05, 3.63) is 72.3 Å². The van der Waals surface area contributed by atoms with Crippen molar-refractivity contribution in [1.29, 1.82) is 0 Å². The number of carbonyl (C=O) groups is 1. The third kappa shape index (κ3) is 4.25. The lowest BCUT2D eigenvalue weighted by Gasteiger charge is -2.00. The molecule has 6 nitrogen and oxygen atoms in total. The summed E-state index contributed by atoms with van der Waals surface area (Å²) in [7, 11) is 0. The number of hydrogen-bond acceptors (Lipinski definition) is 4. The van der Waals surface area contributed by atoms with Gasteiger partial charge in [0, 0.05) is 20.8 Å². The van der Waals surface area contributed by atoms with Gasteiger partial charge in [-0.05, 0) is 46.9 Å². The number of nitro groups is 1. The zero-order valence-electron chi connectivity index (χ0n) is 11.0. The summed E-state index contributed by atoms with van der Waals surface area (Å²) in [6.07, 6.45) is 1.31. The minimum atomic E-state index is -0.579. The van der Waals surface area contributed by atoms with Crippen LogP contribution in [-0.4, -0.2) is 17.0 Å². The van der Waals surface area contributed by atoms with Gasteiger partial charge in [-0.1, -0.05) is 23.7 Å². The summed E-state index contributed by atoms with van der Waals surface area (Å²) in [5.41, 5.74) is 3.08. The molecule has 22 heavy (non-hydrogen) atoms. The van der Waals surface area contributed by atoms with Crippen LogP contribution >= 0.6 is 34.2 Å². The molecule has 0 aliphatic carbocycles. The summed E-state index contributed by atoms with van der Waals surface area (Å²) in [5.74, 6) is -0.363. The van der Waals surface area contributed by atoms with E-state index >= 15 is 0 Å². The number of halogens is 2. The zero-order valence-corrected chi connectivity index (χ0v) is 13.9. The molecule has 0 radical (unpaired) electrons. The van der Waals surface area contributed by atoms with Gasteiger partial charge in [0.2, 0.25) is 0 Å². The number of nitro benzene ring substituents is 1. The van der Waals surface area contributed by atoms with Gasteiger partial charge in [-0.15, -0.1) is 0 Å². The van der Waals surface area contributed by atoms with Crippen LogP contribution in [-0.2, 0) is 0 Å². The molecule has 0 aliphatic heterocycles. The van der Waals surface area contributed by atoms with E-state index in [1.807, 2.05) is 6.07 Å². The van der Waals surface area contributed by atoms with Gasteiger partial charge in [0.25, 0.3) is 11.6 Å². The summed E-state index contributed by atoms with van der Waals surface area (Å²) in [4.78, 5) is 22.1. The molecule has 2 aromatic rings. The van der Waals surface area contributed by atoms with Crippen LogP contribution < -0.4 is 5.43 Å². The van der Waals surface area contributed by atoms with Crippen molar-refractivity contribution in [3.8, 4) is 0 Å². The maximum Gasteiger partial charge on any atom is 0.288 e. The van der Waals surface area contributed by atoms with E-state index in [1.54, 1.807) is 24.3 Å². The second-order valence-electron chi connectivity index (χ2n) is 4.18. The molecule has 0 fully saturated rings. The highest BCUT2D eigenvalue weighted by molar-refractivity contribution is 14.1. The molecule has 2 aromatic carbocycles. The molecule has 8 heteroatoms. The van der Waals surface area contributed by atoms with Crippen LogP contribution in [0.5, 0.6) is 0 Å². The summed E-state index contributed by atoms with van der Waals surface area (Å²) >= 11 is 7.82. The molecule has 1 amide bonds. The van der Waals surface area contributed by atoms with Crippen LogP contribution in [0.3, 0.4) is 0 Å². The lowest BCUT2D eigenvalue weighted by Crippen LogP contribution is -2.17. The van der Waals surface area contributed by atoms with Crippen molar-refractivity contribution < 1.29 is 9.72 Å². The number of nitrogens with one attached hydrogen (secondary N) is 1. The molecule has 0 saturated heterocycles. The molecule has 2 rings (SSSR count). The molecule has 1 N–H and O–H groups in total. The van der Waals surface area contributed by atoms with Crippen molar-refractivity contribution in [2.24, 2.45) is 5.10 Å². The molecule has 112 valence electrons. The Labute approximate surface area is 144 Å². The monoisotopic (exact) mass is 429 g/mol. The first-order valence-corrected chi connectivity index (χ1v) is 7.46.